The first-order valence-electron chi connectivity index (χ1n) is 6.82. The maximum absolute atomic E-state index is 9.81. The molecular weight excluding hydrogens is 242 g/mol. The predicted molar refractivity (Wildman–Crippen MR) is 76.0 cm³/mol. The molecular formula is C15H25NO3. The van der Waals surface area contributed by atoms with Crippen molar-refractivity contribution in [2.75, 3.05) is 19.8 Å². The van der Waals surface area contributed by atoms with Crippen LogP contribution in [0.1, 0.15) is 31.9 Å². The fourth-order valence-electron chi connectivity index (χ4n) is 1.77. The Labute approximate surface area is 115 Å². The second-order valence-corrected chi connectivity index (χ2v) is 4.86. The van der Waals surface area contributed by atoms with E-state index >= 15 is 0 Å². The van der Waals surface area contributed by atoms with Crippen molar-refractivity contribution in [3.05, 3.63) is 35.9 Å². The van der Waals surface area contributed by atoms with E-state index < -0.39 is 6.10 Å². The van der Waals surface area contributed by atoms with Gasteiger partial charge in [-0.1, -0.05) is 30.3 Å². The Hall–Kier alpha value is -0.940. The van der Waals surface area contributed by atoms with Crippen LogP contribution in [0.15, 0.2) is 30.3 Å². The molecule has 4 heteroatoms. The summed E-state index contributed by atoms with van der Waals surface area (Å²) in [6.07, 6.45) is 0.131. The maximum atomic E-state index is 9.81. The highest BCUT2D eigenvalue weighted by Gasteiger charge is 2.10. The Morgan fingerprint density at radius 2 is 1.89 bits per heavy atom. The van der Waals surface area contributed by atoms with E-state index in [1.165, 1.54) is 0 Å². The van der Waals surface area contributed by atoms with E-state index in [9.17, 15) is 5.11 Å². The number of benzene rings is 1. The van der Waals surface area contributed by atoms with Gasteiger partial charge in [0.2, 0.25) is 0 Å². The summed E-state index contributed by atoms with van der Waals surface area (Å²) in [4.78, 5) is 0. The van der Waals surface area contributed by atoms with Crippen LogP contribution in [0.4, 0.5) is 0 Å². The molecule has 4 nitrogen and oxygen atoms in total. The number of hydrogen-bond acceptors (Lipinski definition) is 4. The molecule has 0 spiro atoms. The quantitative estimate of drug-likeness (QED) is 0.634. The Morgan fingerprint density at radius 1 is 1.21 bits per heavy atom. The second kappa shape index (κ2) is 9.04. The molecule has 0 saturated heterocycles. The van der Waals surface area contributed by atoms with Crippen LogP contribution in [0, 0.1) is 0 Å². The van der Waals surface area contributed by atoms with Crippen molar-refractivity contribution in [2.45, 2.75) is 38.5 Å². The summed E-state index contributed by atoms with van der Waals surface area (Å²) >= 11 is 0. The van der Waals surface area contributed by atoms with E-state index in [2.05, 4.69) is 5.32 Å². The van der Waals surface area contributed by atoms with E-state index in [4.69, 9.17) is 9.84 Å². The molecule has 3 atom stereocenters. The van der Waals surface area contributed by atoms with Crippen molar-refractivity contribution >= 4 is 0 Å². The van der Waals surface area contributed by atoms with Gasteiger partial charge < -0.3 is 20.3 Å². The van der Waals surface area contributed by atoms with Crippen LogP contribution in [-0.4, -0.2) is 42.1 Å². The summed E-state index contributed by atoms with van der Waals surface area (Å²) in [6, 6.07) is 10.1. The summed E-state index contributed by atoms with van der Waals surface area (Å²) in [5.74, 6) is 0. The topological polar surface area (TPSA) is 61.7 Å². The number of rotatable bonds is 9. The Bertz CT molecular complexity index is 331. The van der Waals surface area contributed by atoms with Gasteiger partial charge in [-0.3, -0.25) is 0 Å². The molecule has 1 rings (SSSR count). The van der Waals surface area contributed by atoms with E-state index in [1.54, 1.807) is 0 Å². The Balaban J connectivity index is 2.21. The lowest BCUT2D eigenvalue weighted by molar-refractivity contribution is -0.00293. The maximum Gasteiger partial charge on any atom is 0.0898 e. The predicted octanol–water partition coefficient (Wildman–Crippen LogP) is 1.49. The molecule has 0 aliphatic carbocycles. The molecule has 0 aliphatic heterocycles. The minimum absolute atomic E-state index is 0.0225. The lowest BCUT2D eigenvalue weighted by Gasteiger charge is -2.19. The fourth-order valence-corrected chi connectivity index (χ4v) is 1.77. The largest absolute Gasteiger partial charge is 0.396 e. The molecule has 0 radical (unpaired) electrons. The summed E-state index contributed by atoms with van der Waals surface area (Å²) in [6.45, 7) is 4.89. The molecule has 1 aromatic carbocycles. The van der Waals surface area contributed by atoms with Crippen molar-refractivity contribution < 1.29 is 14.9 Å². The van der Waals surface area contributed by atoms with Crippen LogP contribution >= 0.6 is 0 Å². The van der Waals surface area contributed by atoms with Crippen molar-refractivity contribution in [1.82, 2.24) is 5.32 Å². The minimum Gasteiger partial charge on any atom is -0.396 e. The fraction of sp³-hybridized carbons (Fsp3) is 0.600. The molecule has 3 unspecified atom stereocenters. The third-order valence-corrected chi connectivity index (χ3v) is 3.07. The highest BCUT2D eigenvalue weighted by Crippen LogP contribution is 2.15. The summed E-state index contributed by atoms with van der Waals surface area (Å²) in [7, 11) is 0. The normalized spacial score (nSPS) is 16.0. The number of ether oxygens (including phenoxy) is 1. The van der Waals surface area contributed by atoms with Gasteiger partial charge in [0.25, 0.3) is 0 Å². The van der Waals surface area contributed by atoms with Crippen molar-refractivity contribution in [3.8, 4) is 0 Å². The molecule has 0 heterocycles. The number of aliphatic hydroxyl groups excluding tert-OH is 2. The van der Waals surface area contributed by atoms with Crippen LogP contribution < -0.4 is 5.32 Å². The third kappa shape index (κ3) is 6.68. The number of aliphatic hydroxyl groups is 2. The van der Waals surface area contributed by atoms with E-state index in [0.29, 0.717) is 19.6 Å². The van der Waals surface area contributed by atoms with Gasteiger partial charge in [-0.25, -0.2) is 0 Å². The van der Waals surface area contributed by atoms with Crippen LogP contribution in [0.3, 0.4) is 0 Å². The van der Waals surface area contributed by atoms with Crippen molar-refractivity contribution in [1.29, 1.82) is 0 Å². The zero-order valence-corrected chi connectivity index (χ0v) is 11.7. The zero-order chi connectivity index (χ0) is 14.1. The number of nitrogens with one attached hydrogen (secondary N) is 1. The minimum atomic E-state index is -0.535. The SMILES string of the molecule is CC(CCO)NCC(O)COC(C)c1ccccc1. The summed E-state index contributed by atoms with van der Waals surface area (Å²) in [5.41, 5.74) is 1.11. The first kappa shape index (κ1) is 16.1. The summed E-state index contributed by atoms with van der Waals surface area (Å²) in [5, 5.41) is 21.7. The van der Waals surface area contributed by atoms with Crippen LogP contribution in [-0.2, 0) is 4.74 Å². The highest BCUT2D eigenvalue weighted by atomic mass is 16.5. The molecule has 1 aromatic rings. The molecule has 0 fully saturated rings. The van der Waals surface area contributed by atoms with Gasteiger partial charge in [-0.05, 0) is 25.8 Å². The monoisotopic (exact) mass is 267 g/mol. The molecule has 108 valence electrons. The van der Waals surface area contributed by atoms with Gasteiger partial charge in [-0.2, -0.15) is 0 Å². The van der Waals surface area contributed by atoms with Crippen molar-refractivity contribution in [2.24, 2.45) is 0 Å². The average Bonchev–Trinajstić information content (AvgIpc) is 2.44. The lowest BCUT2D eigenvalue weighted by atomic mass is 10.1. The van der Waals surface area contributed by atoms with Gasteiger partial charge in [0.15, 0.2) is 0 Å². The molecule has 0 bridgehead atoms. The lowest BCUT2D eigenvalue weighted by Crippen LogP contribution is -2.36. The summed E-state index contributed by atoms with van der Waals surface area (Å²) < 4.78 is 5.64. The third-order valence-electron chi connectivity index (χ3n) is 3.07. The van der Waals surface area contributed by atoms with E-state index in [1.807, 2.05) is 44.2 Å². The molecule has 3 N–H and O–H groups in total. The molecule has 0 aliphatic rings. The van der Waals surface area contributed by atoms with E-state index in [0.717, 1.165) is 5.56 Å². The van der Waals surface area contributed by atoms with Gasteiger partial charge >= 0.3 is 0 Å². The van der Waals surface area contributed by atoms with Crippen LogP contribution in [0.2, 0.25) is 0 Å². The Kier molecular flexibility index (Phi) is 7.67. The first-order valence-corrected chi connectivity index (χ1v) is 6.82. The van der Waals surface area contributed by atoms with Crippen LogP contribution in [0.25, 0.3) is 0 Å². The van der Waals surface area contributed by atoms with Gasteiger partial charge in [0.1, 0.15) is 0 Å². The van der Waals surface area contributed by atoms with E-state index in [-0.39, 0.29) is 18.8 Å². The smallest absolute Gasteiger partial charge is 0.0898 e. The van der Waals surface area contributed by atoms with Gasteiger partial charge in [0.05, 0.1) is 18.8 Å². The molecule has 0 aromatic heterocycles. The molecule has 19 heavy (non-hydrogen) atoms. The molecule has 0 amide bonds. The average molecular weight is 267 g/mol. The van der Waals surface area contributed by atoms with Crippen molar-refractivity contribution in [3.63, 3.8) is 0 Å². The highest BCUT2D eigenvalue weighted by molar-refractivity contribution is 5.16. The second-order valence-electron chi connectivity index (χ2n) is 4.86. The van der Waals surface area contributed by atoms with Crippen LogP contribution in [0.5, 0.6) is 0 Å². The standard InChI is InChI=1S/C15H25NO3/c1-12(8-9-17)16-10-15(18)11-19-13(2)14-6-4-3-5-7-14/h3-7,12-13,15-18H,8-11H2,1-2H3. The Morgan fingerprint density at radius 3 is 2.53 bits per heavy atom. The molecule has 0 saturated carbocycles. The first-order chi connectivity index (χ1) is 9.13. The zero-order valence-electron chi connectivity index (χ0n) is 11.7. The number of hydrogen-bond donors (Lipinski definition) is 3. The van der Waals surface area contributed by atoms with Gasteiger partial charge in [-0.15, -0.1) is 0 Å². The van der Waals surface area contributed by atoms with Gasteiger partial charge in [0, 0.05) is 19.2 Å².